The van der Waals surface area contributed by atoms with Crippen molar-refractivity contribution in [3.63, 3.8) is 0 Å². The second-order valence-electron chi connectivity index (χ2n) is 7.34. The van der Waals surface area contributed by atoms with Gasteiger partial charge in [0, 0.05) is 13.1 Å². The molecule has 2 rings (SSSR count). The van der Waals surface area contributed by atoms with Gasteiger partial charge in [-0.2, -0.15) is 0 Å². The summed E-state index contributed by atoms with van der Waals surface area (Å²) in [5.41, 5.74) is 0.379. The molecule has 9 heteroatoms. The predicted molar refractivity (Wildman–Crippen MR) is 96.2 cm³/mol. The zero-order chi connectivity index (χ0) is 19.3. The molecule has 0 aromatic carbocycles. The van der Waals surface area contributed by atoms with Crippen LogP contribution in [0, 0.1) is 0 Å². The minimum atomic E-state index is -0.575. The number of rotatable bonds is 5. The fourth-order valence-electron chi connectivity index (χ4n) is 3.00. The lowest BCUT2D eigenvalue weighted by Gasteiger charge is -2.34. The summed E-state index contributed by atoms with van der Waals surface area (Å²) in [7, 11) is 0. The van der Waals surface area contributed by atoms with Gasteiger partial charge in [-0.1, -0.05) is 30.2 Å². The molecule has 1 aromatic heterocycles. The Bertz CT molecular complexity index is 641. The average molecular weight is 387 g/mol. The third-order valence-electron chi connectivity index (χ3n) is 4.05. The quantitative estimate of drug-likeness (QED) is 0.570. The van der Waals surface area contributed by atoms with E-state index in [1.54, 1.807) is 9.58 Å². The van der Waals surface area contributed by atoms with Crippen molar-refractivity contribution in [1.29, 1.82) is 0 Å². The van der Waals surface area contributed by atoms with Crippen LogP contribution in [0.5, 0.6) is 0 Å². The Kier molecular flexibility index (Phi) is 6.86. The van der Waals surface area contributed by atoms with E-state index in [9.17, 15) is 9.59 Å². The van der Waals surface area contributed by atoms with Crippen molar-refractivity contribution in [2.75, 3.05) is 19.2 Å². The van der Waals surface area contributed by atoms with Crippen molar-refractivity contribution < 1.29 is 19.1 Å². The molecule has 146 valence electrons. The number of hydrogen-bond donors (Lipinski definition) is 0. The van der Waals surface area contributed by atoms with Crippen molar-refractivity contribution in [3.05, 3.63) is 11.4 Å². The average Bonchev–Trinajstić information content (AvgIpc) is 2.98. The summed E-state index contributed by atoms with van der Waals surface area (Å²) in [5, 5.41) is 8.18. The Balaban J connectivity index is 2.19. The number of hydrogen-bond acceptors (Lipinski definition) is 6. The van der Waals surface area contributed by atoms with E-state index in [0.29, 0.717) is 19.5 Å². The van der Waals surface area contributed by atoms with Gasteiger partial charge in [0.05, 0.1) is 11.7 Å². The highest BCUT2D eigenvalue weighted by Gasteiger charge is 2.31. The first kappa shape index (κ1) is 20.5. The molecular weight excluding hydrogens is 360 g/mol. The molecule has 0 spiro atoms. The summed E-state index contributed by atoms with van der Waals surface area (Å²) in [6.07, 6.45) is 2.82. The Morgan fingerprint density at radius 3 is 2.69 bits per heavy atom. The number of halogens is 1. The van der Waals surface area contributed by atoms with Crippen LogP contribution >= 0.6 is 11.6 Å². The molecule has 1 amide bonds. The van der Waals surface area contributed by atoms with Crippen molar-refractivity contribution >= 4 is 23.7 Å². The first-order valence-corrected chi connectivity index (χ1v) is 9.45. The van der Waals surface area contributed by atoms with Gasteiger partial charge in [0.1, 0.15) is 5.60 Å². The number of ether oxygens (including phenoxy) is 2. The third-order valence-corrected chi connectivity index (χ3v) is 4.16. The molecule has 1 atom stereocenters. The summed E-state index contributed by atoms with van der Waals surface area (Å²) >= 11 is 5.48. The van der Waals surface area contributed by atoms with Crippen molar-refractivity contribution in [1.82, 2.24) is 19.9 Å². The van der Waals surface area contributed by atoms with Crippen LogP contribution in [0.2, 0.25) is 0 Å². The molecule has 0 N–H and O–H groups in total. The van der Waals surface area contributed by atoms with E-state index < -0.39 is 11.6 Å². The predicted octanol–water partition coefficient (Wildman–Crippen LogP) is 3.16. The zero-order valence-electron chi connectivity index (χ0n) is 15.8. The highest BCUT2D eigenvalue weighted by atomic mass is 35.5. The summed E-state index contributed by atoms with van der Waals surface area (Å²) in [6.45, 7) is 8.67. The summed E-state index contributed by atoms with van der Waals surface area (Å²) in [5.74, 6) is -0.575. The number of carbonyl (C=O) groups is 2. The van der Waals surface area contributed by atoms with Gasteiger partial charge in [0.25, 0.3) is 0 Å². The number of aromatic nitrogens is 3. The number of esters is 1. The van der Waals surface area contributed by atoms with Gasteiger partial charge in [0.15, 0.2) is 11.8 Å². The van der Waals surface area contributed by atoms with Gasteiger partial charge < -0.3 is 14.4 Å². The number of nitrogens with zero attached hydrogens (tertiary/aromatic N) is 4. The molecule has 8 nitrogen and oxygen atoms in total. The second-order valence-corrected chi connectivity index (χ2v) is 7.56. The number of alkyl halides is 1. The van der Waals surface area contributed by atoms with E-state index in [-0.39, 0.29) is 23.9 Å². The largest absolute Gasteiger partial charge is 0.445 e. The number of carbonyl (C=O) groups excluding carboxylic acids is 2. The maximum Gasteiger partial charge on any atom is 0.410 e. The molecule has 0 aliphatic carbocycles. The van der Waals surface area contributed by atoms with Crippen LogP contribution < -0.4 is 0 Å². The highest BCUT2D eigenvalue weighted by molar-refractivity contribution is 6.17. The number of piperidine rings is 1. The fraction of sp³-hybridized carbons (Fsp3) is 0.765. The van der Waals surface area contributed by atoms with Gasteiger partial charge >= 0.3 is 12.1 Å². The minimum Gasteiger partial charge on any atom is -0.445 e. The van der Waals surface area contributed by atoms with Crippen LogP contribution in [0.4, 0.5) is 4.79 Å². The van der Waals surface area contributed by atoms with Gasteiger partial charge in [0.2, 0.25) is 0 Å². The lowest BCUT2D eigenvalue weighted by Crippen LogP contribution is -2.43. The molecule has 2 heterocycles. The molecule has 1 aromatic rings. The summed E-state index contributed by atoms with van der Waals surface area (Å²) in [4.78, 5) is 26.1. The lowest BCUT2D eigenvalue weighted by atomic mass is 10.1. The number of likely N-dealkylation sites (tertiary alicyclic amines) is 1. The van der Waals surface area contributed by atoms with Crippen LogP contribution in [0.15, 0.2) is 0 Å². The molecule has 0 saturated carbocycles. The number of amides is 1. The van der Waals surface area contributed by atoms with Crippen LogP contribution in [-0.4, -0.2) is 56.7 Å². The maximum atomic E-state index is 12.4. The van der Waals surface area contributed by atoms with Crippen molar-refractivity contribution in [2.24, 2.45) is 0 Å². The molecule has 0 radical (unpaired) electrons. The summed E-state index contributed by atoms with van der Waals surface area (Å²) < 4.78 is 12.1. The minimum absolute atomic E-state index is 0.0529. The van der Waals surface area contributed by atoms with E-state index >= 15 is 0 Å². The monoisotopic (exact) mass is 386 g/mol. The molecule has 26 heavy (non-hydrogen) atoms. The van der Waals surface area contributed by atoms with Crippen molar-refractivity contribution in [2.45, 2.75) is 65.0 Å². The smallest absolute Gasteiger partial charge is 0.410 e. The highest BCUT2D eigenvalue weighted by Crippen LogP contribution is 2.25. The molecule has 1 saturated heterocycles. The van der Waals surface area contributed by atoms with Crippen LogP contribution in [0.3, 0.4) is 0 Å². The first-order valence-electron chi connectivity index (χ1n) is 8.92. The van der Waals surface area contributed by atoms with Gasteiger partial charge in [-0.3, -0.25) is 0 Å². The molecule has 0 bridgehead atoms. The SMILES string of the molecule is CCCc1c(C(=O)OCCl)nnn1C1CCCN(C(=O)OC(C)(C)C)C1. The molecular formula is C17H27ClN4O4. The fourth-order valence-corrected chi connectivity index (χ4v) is 3.10. The van der Waals surface area contributed by atoms with Gasteiger partial charge in [-0.25, -0.2) is 14.3 Å². The van der Waals surface area contributed by atoms with E-state index in [1.165, 1.54) is 0 Å². The Hall–Kier alpha value is -1.83. The zero-order valence-corrected chi connectivity index (χ0v) is 16.6. The van der Waals surface area contributed by atoms with Crippen LogP contribution in [0.25, 0.3) is 0 Å². The Morgan fingerprint density at radius 1 is 1.35 bits per heavy atom. The van der Waals surface area contributed by atoms with E-state index in [4.69, 9.17) is 21.1 Å². The standard InChI is InChI=1S/C17H27ClN4O4/c1-5-7-13-14(15(23)25-11-18)19-20-22(13)12-8-6-9-21(10-12)16(24)26-17(2,3)4/h12H,5-11H2,1-4H3. The normalized spacial score (nSPS) is 17.9. The van der Waals surface area contributed by atoms with E-state index in [2.05, 4.69) is 10.3 Å². The van der Waals surface area contributed by atoms with Crippen LogP contribution in [0.1, 0.15) is 69.2 Å². The molecule has 1 fully saturated rings. The first-order chi connectivity index (χ1) is 12.3. The maximum absolute atomic E-state index is 12.4. The molecule has 1 unspecified atom stereocenters. The van der Waals surface area contributed by atoms with Gasteiger partial charge in [-0.15, -0.1) is 5.10 Å². The third kappa shape index (κ3) is 5.09. The molecule has 1 aliphatic heterocycles. The second kappa shape index (κ2) is 8.70. The van der Waals surface area contributed by atoms with Crippen LogP contribution in [-0.2, 0) is 15.9 Å². The van der Waals surface area contributed by atoms with E-state index in [1.807, 2.05) is 27.7 Å². The Labute approximate surface area is 158 Å². The van der Waals surface area contributed by atoms with Gasteiger partial charge in [-0.05, 0) is 40.0 Å². The van der Waals surface area contributed by atoms with E-state index in [0.717, 1.165) is 25.0 Å². The topological polar surface area (TPSA) is 86.5 Å². The van der Waals surface area contributed by atoms with Crippen molar-refractivity contribution in [3.8, 4) is 0 Å². The summed E-state index contributed by atoms with van der Waals surface area (Å²) in [6, 6.07) is -0.282. The lowest BCUT2D eigenvalue weighted by molar-refractivity contribution is 0.0164. The Morgan fingerprint density at radius 2 is 2.08 bits per heavy atom. The molecule has 1 aliphatic rings.